The number of carbonyl (C=O) groups is 1. The van der Waals surface area contributed by atoms with Gasteiger partial charge in [0.05, 0.1) is 17.4 Å². The van der Waals surface area contributed by atoms with Crippen LogP contribution in [-0.2, 0) is 4.79 Å². The van der Waals surface area contributed by atoms with E-state index in [1.54, 1.807) is 36.0 Å². The lowest BCUT2D eigenvalue weighted by atomic mass is 10.2. The lowest BCUT2D eigenvalue weighted by molar-refractivity contribution is -0.113. The van der Waals surface area contributed by atoms with Crippen molar-refractivity contribution in [3.05, 3.63) is 29.8 Å². The lowest BCUT2D eigenvalue weighted by Crippen LogP contribution is -2.17. The third-order valence-corrected chi connectivity index (χ3v) is 3.61. The van der Waals surface area contributed by atoms with Gasteiger partial charge in [0.15, 0.2) is 0 Å². The SMILES string of the molecule is CC(CN)CSCC(=O)Nc1ccc(C#N)cc1. The maximum Gasteiger partial charge on any atom is 0.234 e. The molecule has 0 aliphatic carbocycles. The third kappa shape index (κ3) is 5.21. The van der Waals surface area contributed by atoms with Crippen LogP contribution in [0.2, 0.25) is 0 Å². The molecule has 0 heterocycles. The summed E-state index contributed by atoms with van der Waals surface area (Å²) in [7, 11) is 0. The monoisotopic (exact) mass is 263 g/mol. The highest BCUT2D eigenvalue weighted by Gasteiger charge is 2.05. The van der Waals surface area contributed by atoms with Crippen LogP contribution < -0.4 is 11.1 Å². The van der Waals surface area contributed by atoms with Crippen LogP contribution in [-0.4, -0.2) is 24.0 Å². The Hall–Kier alpha value is -1.51. The van der Waals surface area contributed by atoms with Crippen molar-refractivity contribution in [2.45, 2.75) is 6.92 Å². The Bertz CT molecular complexity index is 425. The highest BCUT2D eigenvalue weighted by atomic mass is 32.2. The van der Waals surface area contributed by atoms with E-state index in [4.69, 9.17) is 11.0 Å². The highest BCUT2D eigenvalue weighted by molar-refractivity contribution is 7.99. The Morgan fingerprint density at radius 2 is 2.17 bits per heavy atom. The smallest absolute Gasteiger partial charge is 0.234 e. The van der Waals surface area contributed by atoms with Crippen molar-refractivity contribution in [1.82, 2.24) is 0 Å². The number of hydrogen-bond acceptors (Lipinski definition) is 4. The summed E-state index contributed by atoms with van der Waals surface area (Å²) >= 11 is 1.58. The number of nitrogens with one attached hydrogen (secondary N) is 1. The van der Waals surface area contributed by atoms with Crippen LogP contribution in [0, 0.1) is 17.2 Å². The molecular weight excluding hydrogens is 246 g/mol. The lowest BCUT2D eigenvalue weighted by Gasteiger charge is -2.08. The largest absolute Gasteiger partial charge is 0.330 e. The molecule has 0 spiro atoms. The number of nitrogens with zero attached hydrogens (tertiary/aromatic N) is 1. The van der Waals surface area contributed by atoms with E-state index in [9.17, 15) is 4.79 Å². The Kier molecular flexibility index (Phi) is 6.26. The van der Waals surface area contributed by atoms with Crippen molar-refractivity contribution < 1.29 is 4.79 Å². The fourth-order valence-corrected chi connectivity index (χ4v) is 2.16. The number of anilines is 1. The first-order chi connectivity index (χ1) is 8.65. The van der Waals surface area contributed by atoms with Crippen LogP contribution >= 0.6 is 11.8 Å². The molecule has 0 radical (unpaired) electrons. The van der Waals surface area contributed by atoms with Gasteiger partial charge >= 0.3 is 0 Å². The summed E-state index contributed by atoms with van der Waals surface area (Å²) < 4.78 is 0. The minimum absolute atomic E-state index is 0.0334. The number of hydrogen-bond donors (Lipinski definition) is 2. The van der Waals surface area contributed by atoms with Gasteiger partial charge in [0.25, 0.3) is 0 Å². The van der Waals surface area contributed by atoms with Crippen molar-refractivity contribution in [3.63, 3.8) is 0 Å². The molecule has 1 rings (SSSR count). The number of nitrogens with two attached hydrogens (primary N) is 1. The quantitative estimate of drug-likeness (QED) is 0.820. The molecule has 0 aromatic heterocycles. The molecule has 0 saturated carbocycles. The van der Waals surface area contributed by atoms with Gasteiger partial charge in [-0.3, -0.25) is 4.79 Å². The first kappa shape index (κ1) is 14.6. The molecule has 1 atom stereocenters. The minimum atomic E-state index is -0.0334. The Morgan fingerprint density at radius 1 is 1.50 bits per heavy atom. The average molecular weight is 263 g/mol. The standard InChI is InChI=1S/C13H17N3OS/c1-10(6-14)8-18-9-13(17)16-12-4-2-11(7-15)3-5-12/h2-5,10H,6,8-9,14H2,1H3,(H,16,17). The number of rotatable bonds is 6. The molecule has 0 aliphatic rings. The summed E-state index contributed by atoms with van der Waals surface area (Å²) in [6.07, 6.45) is 0. The first-order valence-electron chi connectivity index (χ1n) is 5.73. The van der Waals surface area contributed by atoms with Crippen LogP contribution in [0.25, 0.3) is 0 Å². The number of amides is 1. The normalized spacial score (nSPS) is 11.6. The van der Waals surface area contributed by atoms with Crippen LogP contribution in [0.5, 0.6) is 0 Å². The molecule has 3 N–H and O–H groups in total. The molecule has 96 valence electrons. The summed E-state index contributed by atoms with van der Waals surface area (Å²) in [5.74, 6) is 1.70. The van der Waals surface area contributed by atoms with Crippen molar-refractivity contribution in [2.24, 2.45) is 11.7 Å². The van der Waals surface area contributed by atoms with Gasteiger partial charge in [-0.1, -0.05) is 6.92 Å². The number of thioether (sulfide) groups is 1. The maximum absolute atomic E-state index is 11.6. The van der Waals surface area contributed by atoms with Crippen molar-refractivity contribution in [3.8, 4) is 6.07 Å². The van der Waals surface area contributed by atoms with E-state index in [0.29, 0.717) is 29.5 Å². The topological polar surface area (TPSA) is 78.9 Å². The second kappa shape index (κ2) is 7.75. The van der Waals surface area contributed by atoms with E-state index >= 15 is 0 Å². The van der Waals surface area contributed by atoms with Crippen molar-refractivity contribution in [2.75, 3.05) is 23.4 Å². The van der Waals surface area contributed by atoms with Crippen LogP contribution in [0.15, 0.2) is 24.3 Å². The van der Waals surface area contributed by atoms with Crippen LogP contribution in [0.4, 0.5) is 5.69 Å². The first-order valence-corrected chi connectivity index (χ1v) is 6.89. The fraction of sp³-hybridized carbons (Fsp3) is 0.385. The summed E-state index contributed by atoms with van der Waals surface area (Å²) in [4.78, 5) is 11.6. The number of benzene rings is 1. The molecule has 4 nitrogen and oxygen atoms in total. The molecule has 1 amide bonds. The molecular formula is C13H17N3OS. The van der Waals surface area contributed by atoms with Gasteiger partial charge in [-0.25, -0.2) is 0 Å². The van der Waals surface area contributed by atoms with Gasteiger partial charge in [-0.15, -0.1) is 0 Å². The molecule has 1 aromatic carbocycles. The zero-order valence-electron chi connectivity index (χ0n) is 10.3. The molecule has 18 heavy (non-hydrogen) atoms. The van der Waals surface area contributed by atoms with E-state index in [0.717, 1.165) is 5.75 Å². The Labute approximate surface area is 112 Å². The summed E-state index contributed by atoms with van der Waals surface area (Å²) in [5, 5.41) is 11.4. The van der Waals surface area contributed by atoms with Gasteiger partial charge in [0.1, 0.15) is 0 Å². The maximum atomic E-state index is 11.6. The predicted octanol–water partition coefficient (Wildman–Crippen LogP) is 1.82. The highest BCUT2D eigenvalue weighted by Crippen LogP contribution is 2.11. The Balaban J connectivity index is 2.33. The molecule has 1 unspecified atom stereocenters. The summed E-state index contributed by atoms with van der Waals surface area (Å²) in [6.45, 7) is 2.70. The molecule has 0 saturated heterocycles. The average Bonchev–Trinajstić information content (AvgIpc) is 2.39. The van der Waals surface area contributed by atoms with Crippen molar-refractivity contribution in [1.29, 1.82) is 5.26 Å². The molecule has 0 aliphatic heterocycles. The van der Waals surface area contributed by atoms with Gasteiger partial charge in [0, 0.05) is 5.69 Å². The number of nitriles is 1. The van der Waals surface area contributed by atoms with Gasteiger partial charge < -0.3 is 11.1 Å². The van der Waals surface area contributed by atoms with E-state index < -0.39 is 0 Å². The molecule has 0 fully saturated rings. The molecule has 0 bridgehead atoms. The van der Waals surface area contributed by atoms with Gasteiger partial charge in [0.2, 0.25) is 5.91 Å². The summed E-state index contributed by atoms with van der Waals surface area (Å²) in [6, 6.07) is 8.84. The molecule has 5 heteroatoms. The van der Waals surface area contributed by atoms with E-state index in [1.807, 2.05) is 6.07 Å². The van der Waals surface area contributed by atoms with Gasteiger partial charge in [-0.2, -0.15) is 17.0 Å². The van der Waals surface area contributed by atoms with E-state index in [-0.39, 0.29) is 5.91 Å². The Morgan fingerprint density at radius 3 is 2.72 bits per heavy atom. The zero-order chi connectivity index (χ0) is 13.4. The number of carbonyl (C=O) groups excluding carboxylic acids is 1. The van der Waals surface area contributed by atoms with Crippen LogP contribution in [0.1, 0.15) is 12.5 Å². The van der Waals surface area contributed by atoms with Crippen LogP contribution in [0.3, 0.4) is 0 Å². The minimum Gasteiger partial charge on any atom is -0.330 e. The van der Waals surface area contributed by atoms with Crippen molar-refractivity contribution >= 4 is 23.4 Å². The second-order valence-corrected chi connectivity index (χ2v) is 5.12. The second-order valence-electron chi connectivity index (χ2n) is 4.09. The zero-order valence-corrected chi connectivity index (χ0v) is 11.2. The van der Waals surface area contributed by atoms with E-state index in [1.165, 1.54) is 0 Å². The van der Waals surface area contributed by atoms with Gasteiger partial charge in [-0.05, 0) is 42.5 Å². The third-order valence-electron chi connectivity index (χ3n) is 2.34. The van der Waals surface area contributed by atoms with E-state index in [2.05, 4.69) is 12.2 Å². The summed E-state index contributed by atoms with van der Waals surface area (Å²) in [5.41, 5.74) is 6.80. The molecule has 1 aromatic rings. The fourth-order valence-electron chi connectivity index (χ4n) is 1.25. The predicted molar refractivity (Wildman–Crippen MR) is 75.3 cm³/mol.